The lowest BCUT2D eigenvalue weighted by Crippen LogP contribution is -2.56. The molecule has 0 bridgehead atoms. The van der Waals surface area contributed by atoms with Crippen molar-refractivity contribution in [3.8, 4) is 0 Å². The Labute approximate surface area is 227 Å². The van der Waals surface area contributed by atoms with Crippen molar-refractivity contribution >= 4 is 40.6 Å². The van der Waals surface area contributed by atoms with Gasteiger partial charge in [-0.2, -0.15) is 0 Å². The highest BCUT2D eigenvalue weighted by Gasteiger charge is 2.29. The van der Waals surface area contributed by atoms with Gasteiger partial charge in [-0.15, -0.1) is 0 Å². The van der Waals surface area contributed by atoms with E-state index in [1.807, 2.05) is 38.1 Å². The number of nitrogens with two attached hydrogens (primary N) is 3. The molecule has 0 spiro atoms. The van der Waals surface area contributed by atoms with Gasteiger partial charge in [0.15, 0.2) is 5.96 Å². The number of carboxylic acid groups (broad SMARTS) is 1. The van der Waals surface area contributed by atoms with Crippen LogP contribution in [-0.4, -0.2) is 70.5 Å². The molecule has 2 rings (SSSR count). The number of amides is 3. The third-order valence-electron chi connectivity index (χ3n) is 6.10. The summed E-state index contributed by atoms with van der Waals surface area (Å²) in [5.74, 6) is -3.05. The molecule has 1 aromatic carbocycles. The third kappa shape index (κ3) is 9.93. The first-order valence-electron chi connectivity index (χ1n) is 12.9. The van der Waals surface area contributed by atoms with Crippen LogP contribution in [0.25, 0.3) is 10.9 Å². The summed E-state index contributed by atoms with van der Waals surface area (Å²) < 4.78 is 0. The Bertz CT molecular complexity index is 1170. The SMILES string of the molecule is CC(C)CC(NC(=O)C(C)NC(=O)C(N)Cc1c[nH]c2ccccc12)C(=O)NC(CCCN=C(N)N)C(=O)O. The number of carbonyl (C=O) groups is 4. The monoisotopic (exact) mass is 544 g/mol. The molecule has 0 fully saturated rings. The summed E-state index contributed by atoms with van der Waals surface area (Å²) in [6, 6.07) is 3.58. The minimum Gasteiger partial charge on any atom is -0.480 e. The highest BCUT2D eigenvalue weighted by atomic mass is 16.4. The normalized spacial score (nSPS) is 14.2. The Morgan fingerprint density at radius 3 is 2.28 bits per heavy atom. The van der Waals surface area contributed by atoms with Crippen molar-refractivity contribution in [1.29, 1.82) is 0 Å². The number of aromatic amines is 1. The van der Waals surface area contributed by atoms with Gasteiger partial charge in [-0.25, -0.2) is 4.79 Å². The molecule has 0 aliphatic heterocycles. The fourth-order valence-corrected chi connectivity index (χ4v) is 4.05. The first-order valence-corrected chi connectivity index (χ1v) is 12.9. The Morgan fingerprint density at radius 2 is 1.64 bits per heavy atom. The van der Waals surface area contributed by atoms with E-state index in [9.17, 15) is 24.3 Å². The van der Waals surface area contributed by atoms with Gasteiger partial charge in [-0.05, 0) is 50.2 Å². The minimum atomic E-state index is -1.22. The largest absolute Gasteiger partial charge is 0.480 e. The molecule has 214 valence electrons. The second kappa shape index (κ2) is 14.7. The Kier molecular flexibility index (Phi) is 11.7. The predicted octanol–water partition coefficient (Wildman–Crippen LogP) is -0.304. The van der Waals surface area contributed by atoms with Gasteiger partial charge in [0.25, 0.3) is 0 Å². The molecule has 11 N–H and O–H groups in total. The molecule has 3 amide bonds. The van der Waals surface area contributed by atoms with Crippen molar-refractivity contribution in [2.24, 2.45) is 28.1 Å². The molecule has 0 radical (unpaired) electrons. The number of hydrogen-bond donors (Lipinski definition) is 8. The van der Waals surface area contributed by atoms with E-state index >= 15 is 0 Å². The maximum Gasteiger partial charge on any atom is 0.326 e. The van der Waals surface area contributed by atoms with Gasteiger partial charge in [-0.1, -0.05) is 32.0 Å². The number of guanidine groups is 1. The summed E-state index contributed by atoms with van der Waals surface area (Å²) >= 11 is 0. The van der Waals surface area contributed by atoms with Crippen molar-refractivity contribution in [2.75, 3.05) is 6.54 Å². The van der Waals surface area contributed by atoms with Crippen molar-refractivity contribution in [3.63, 3.8) is 0 Å². The summed E-state index contributed by atoms with van der Waals surface area (Å²) in [5.41, 5.74) is 18.5. The van der Waals surface area contributed by atoms with Gasteiger partial charge >= 0.3 is 5.97 Å². The van der Waals surface area contributed by atoms with E-state index in [0.717, 1.165) is 16.5 Å². The van der Waals surface area contributed by atoms with Crippen molar-refractivity contribution in [3.05, 3.63) is 36.0 Å². The first kappa shape index (κ1) is 31.1. The van der Waals surface area contributed by atoms with Gasteiger partial charge in [0, 0.05) is 23.6 Å². The number of nitrogens with one attached hydrogen (secondary N) is 4. The van der Waals surface area contributed by atoms with Crippen LogP contribution < -0.4 is 33.2 Å². The number of rotatable bonds is 15. The Balaban J connectivity index is 1.96. The molecule has 0 aliphatic rings. The number of para-hydroxylation sites is 1. The van der Waals surface area contributed by atoms with Crippen LogP contribution in [0.3, 0.4) is 0 Å². The lowest BCUT2D eigenvalue weighted by molar-refractivity contribution is -0.142. The van der Waals surface area contributed by atoms with Crippen LogP contribution in [-0.2, 0) is 25.6 Å². The maximum atomic E-state index is 12.9. The highest BCUT2D eigenvalue weighted by Crippen LogP contribution is 2.18. The lowest BCUT2D eigenvalue weighted by atomic mass is 10.0. The fraction of sp³-hybridized carbons (Fsp3) is 0.500. The number of carboxylic acids is 1. The maximum absolute atomic E-state index is 12.9. The van der Waals surface area contributed by atoms with Crippen LogP contribution in [0.4, 0.5) is 0 Å². The second-order valence-electron chi connectivity index (χ2n) is 9.94. The highest BCUT2D eigenvalue weighted by molar-refractivity contribution is 5.94. The van der Waals surface area contributed by atoms with Crippen LogP contribution in [0, 0.1) is 5.92 Å². The standard InChI is InChI=1S/C26H40N8O5/c1-14(2)11-21(24(37)33-20(25(38)39)9-6-10-30-26(28)29)34-22(35)15(3)32-23(36)18(27)12-16-13-31-19-8-5-4-7-17(16)19/h4-5,7-8,13-15,18,20-21,31H,6,9-12,27H2,1-3H3,(H,32,36)(H,33,37)(H,34,35)(H,38,39)(H4,28,29,30). The number of benzene rings is 1. The van der Waals surface area contributed by atoms with Gasteiger partial charge < -0.3 is 43.2 Å². The number of aliphatic carboxylic acids is 1. The third-order valence-corrected chi connectivity index (χ3v) is 6.10. The summed E-state index contributed by atoms with van der Waals surface area (Å²) in [7, 11) is 0. The topological polar surface area (TPSA) is 231 Å². The number of hydrogen-bond acceptors (Lipinski definition) is 6. The Morgan fingerprint density at radius 1 is 0.974 bits per heavy atom. The van der Waals surface area contributed by atoms with Gasteiger partial charge in [0.2, 0.25) is 17.7 Å². The molecule has 0 saturated heterocycles. The molecule has 4 unspecified atom stereocenters. The summed E-state index contributed by atoms with van der Waals surface area (Å²) in [5, 5.41) is 18.2. The summed E-state index contributed by atoms with van der Waals surface area (Å²) in [6.45, 7) is 5.43. The van der Waals surface area contributed by atoms with Crippen LogP contribution in [0.1, 0.15) is 45.6 Å². The van der Waals surface area contributed by atoms with E-state index in [2.05, 4.69) is 25.9 Å². The molecule has 13 heteroatoms. The zero-order valence-electron chi connectivity index (χ0n) is 22.6. The number of nitrogens with zero attached hydrogens (tertiary/aromatic N) is 1. The lowest BCUT2D eigenvalue weighted by Gasteiger charge is -2.25. The van der Waals surface area contributed by atoms with Crippen LogP contribution >= 0.6 is 0 Å². The average Bonchev–Trinajstić information content (AvgIpc) is 3.27. The number of aliphatic imine (C=N–C) groups is 1. The van der Waals surface area contributed by atoms with E-state index in [0.29, 0.717) is 6.42 Å². The van der Waals surface area contributed by atoms with Crippen LogP contribution in [0.2, 0.25) is 0 Å². The predicted molar refractivity (Wildman–Crippen MR) is 148 cm³/mol. The van der Waals surface area contributed by atoms with Gasteiger partial charge in [-0.3, -0.25) is 19.4 Å². The molecule has 1 heterocycles. The van der Waals surface area contributed by atoms with Gasteiger partial charge in [0.05, 0.1) is 6.04 Å². The average molecular weight is 545 g/mol. The Hall–Kier alpha value is -4.13. The molecule has 4 atom stereocenters. The van der Waals surface area contributed by atoms with Crippen molar-refractivity contribution in [2.45, 2.75) is 70.6 Å². The molecule has 1 aromatic heterocycles. The van der Waals surface area contributed by atoms with Crippen molar-refractivity contribution in [1.82, 2.24) is 20.9 Å². The number of carbonyl (C=O) groups excluding carboxylic acids is 3. The molecular weight excluding hydrogens is 504 g/mol. The number of aromatic nitrogens is 1. The zero-order chi connectivity index (χ0) is 29.1. The van der Waals surface area contributed by atoms with E-state index in [1.165, 1.54) is 6.92 Å². The quantitative estimate of drug-likeness (QED) is 0.0840. The van der Waals surface area contributed by atoms with E-state index < -0.39 is 47.9 Å². The summed E-state index contributed by atoms with van der Waals surface area (Å²) in [6.07, 6.45) is 2.76. The zero-order valence-corrected chi connectivity index (χ0v) is 22.6. The number of H-pyrrole nitrogens is 1. The van der Waals surface area contributed by atoms with Crippen LogP contribution in [0.5, 0.6) is 0 Å². The van der Waals surface area contributed by atoms with Crippen molar-refractivity contribution < 1.29 is 24.3 Å². The molecular formula is C26H40N8O5. The van der Waals surface area contributed by atoms with Crippen LogP contribution in [0.15, 0.2) is 35.5 Å². The smallest absolute Gasteiger partial charge is 0.326 e. The molecule has 0 saturated carbocycles. The fourth-order valence-electron chi connectivity index (χ4n) is 4.05. The minimum absolute atomic E-state index is 0.0145. The molecule has 0 aliphatic carbocycles. The molecule has 2 aromatic rings. The number of fused-ring (bicyclic) bond motifs is 1. The van der Waals surface area contributed by atoms with E-state index in [4.69, 9.17) is 17.2 Å². The molecule has 39 heavy (non-hydrogen) atoms. The van der Waals surface area contributed by atoms with E-state index in [1.54, 1.807) is 6.20 Å². The second-order valence-corrected chi connectivity index (χ2v) is 9.94. The summed E-state index contributed by atoms with van der Waals surface area (Å²) in [4.78, 5) is 57.1. The van der Waals surface area contributed by atoms with Gasteiger partial charge in [0.1, 0.15) is 18.1 Å². The first-order chi connectivity index (χ1) is 18.4. The molecule has 13 nitrogen and oxygen atoms in total. The van der Waals surface area contributed by atoms with E-state index in [-0.39, 0.29) is 37.7 Å².